The summed E-state index contributed by atoms with van der Waals surface area (Å²) in [5, 5.41) is 0. The molecule has 2 aromatic carbocycles. The quantitative estimate of drug-likeness (QED) is 0.253. The molecule has 1 fully saturated rings. The summed E-state index contributed by atoms with van der Waals surface area (Å²) in [6.45, 7) is 13.8. The van der Waals surface area contributed by atoms with Crippen LogP contribution in [0.4, 0.5) is 0 Å². The molecule has 2 aromatic rings. The average molecular weight is 618 g/mol. The Balaban J connectivity index is 0.000000346. The zero-order valence-corrected chi connectivity index (χ0v) is 30.3. The predicted molar refractivity (Wildman–Crippen MR) is 175 cm³/mol. The first-order valence-electron chi connectivity index (χ1n) is 14.8. The van der Waals surface area contributed by atoms with Crippen LogP contribution < -0.4 is 0 Å². The molecule has 0 unspecified atom stereocenters. The molecule has 0 heterocycles. The first-order valence-corrected chi connectivity index (χ1v) is 23.4. The van der Waals surface area contributed by atoms with Crippen molar-refractivity contribution >= 4 is 36.1 Å². The van der Waals surface area contributed by atoms with Gasteiger partial charge in [-0.05, 0) is 52.7 Å². The average Bonchev–Trinajstić information content (AvgIpc) is 3.25. The molecule has 3 aliphatic rings. The van der Waals surface area contributed by atoms with Gasteiger partial charge in [0, 0.05) is 46.8 Å². The third kappa shape index (κ3) is 8.97. The second-order valence-electron chi connectivity index (χ2n) is 13.6. The Kier molecular flexibility index (Phi) is 11.6. The smallest absolute Gasteiger partial charge is 0.377 e. The molecule has 1 saturated carbocycles. The van der Waals surface area contributed by atoms with Gasteiger partial charge in [0.15, 0.2) is 0 Å². The van der Waals surface area contributed by atoms with Crippen molar-refractivity contribution in [2.24, 2.45) is 5.92 Å². The van der Waals surface area contributed by atoms with Gasteiger partial charge in [-0.25, -0.2) is 0 Å². The fourth-order valence-corrected chi connectivity index (χ4v) is 10.3. The minimum Gasteiger partial charge on any atom is -0.377 e. The second-order valence-corrected chi connectivity index (χ2v) is 25.0. The van der Waals surface area contributed by atoms with E-state index in [4.69, 9.17) is 0 Å². The van der Waals surface area contributed by atoms with Crippen molar-refractivity contribution in [3.8, 4) is 11.1 Å². The van der Waals surface area contributed by atoms with Crippen LogP contribution in [0.3, 0.4) is 0 Å². The maximum Gasteiger partial charge on any atom is 0.395 e. The van der Waals surface area contributed by atoms with Gasteiger partial charge in [-0.15, -0.1) is 11.1 Å². The van der Waals surface area contributed by atoms with Gasteiger partial charge in [0.05, 0.1) is 0 Å². The number of hydrogen-bond acceptors (Lipinski definition) is 1. The minimum absolute atomic E-state index is 0. The molecule has 40 heavy (non-hydrogen) atoms. The zero-order chi connectivity index (χ0) is 28.2. The van der Waals surface area contributed by atoms with Crippen molar-refractivity contribution in [1.29, 1.82) is 0 Å². The van der Waals surface area contributed by atoms with Crippen molar-refractivity contribution in [1.82, 2.24) is 4.57 Å². The van der Waals surface area contributed by atoms with E-state index in [-0.39, 0.29) is 27.6 Å². The Morgan fingerprint density at radius 1 is 0.775 bits per heavy atom. The Bertz CT molecular complexity index is 1240. The summed E-state index contributed by atoms with van der Waals surface area (Å²) in [6.07, 6.45) is 12.1. The van der Waals surface area contributed by atoms with Crippen molar-refractivity contribution in [2.75, 3.05) is 7.05 Å². The van der Waals surface area contributed by atoms with Gasteiger partial charge >= 0.3 is 8.84 Å². The first kappa shape index (κ1) is 33.0. The van der Waals surface area contributed by atoms with Crippen LogP contribution in [0.15, 0.2) is 60.7 Å². The molecular weight excluding hydrogens is 571 g/mol. The molecular formula is C34H47NOSi3Ti. The summed E-state index contributed by atoms with van der Waals surface area (Å²) in [5.74, 6) is 0.261. The maximum atomic E-state index is 13.2. The van der Waals surface area contributed by atoms with Crippen molar-refractivity contribution in [2.45, 2.75) is 89.9 Å². The van der Waals surface area contributed by atoms with E-state index in [1.807, 2.05) is 0 Å². The second kappa shape index (κ2) is 14.1. The molecule has 0 amide bonds. The molecule has 0 aliphatic heterocycles. The molecule has 5 rings (SSSR count). The topological polar surface area (TPSA) is 20.3 Å². The van der Waals surface area contributed by atoms with Gasteiger partial charge in [0.2, 0.25) is 0 Å². The third-order valence-corrected chi connectivity index (χ3v) is 11.8. The summed E-state index contributed by atoms with van der Waals surface area (Å²) in [5.41, 5.74) is 15.0. The summed E-state index contributed by atoms with van der Waals surface area (Å²) >= 11 is 0. The fourth-order valence-electron chi connectivity index (χ4n) is 5.72. The van der Waals surface area contributed by atoms with E-state index in [9.17, 15) is 4.46 Å². The molecule has 0 spiro atoms. The first-order chi connectivity index (χ1) is 18.4. The summed E-state index contributed by atoms with van der Waals surface area (Å²) in [6, 6.07) is 18.8. The van der Waals surface area contributed by atoms with E-state index >= 15 is 0 Å². The largest absolute Gasteiger partial charge is 0.395 e. The van der Waals surface area contributed by atoms with Crippen LogP contribution in [-0.4, -0.2) is 42.6 Å². The molecule has 210 valence electrons. The minimum atomic E-state index is -1.76. The summed E-state index contributed by atoms with van der Waals surface area (Å²) in [7, 11) is -1.85. The molecule has 0 N–H and O–H groups in total. The van der Waals surface area contributed by atoms with Crippen LogP contribution in [0.2, 0.25) is 45.3 Å². The van der Waals surface area contributed by atoms with E-state index in [0.29, 0.717) is 6.04 Å². The monoisotopic (exact) mass is 617 g/mol. The van der Waals surface area contributed by atoms with Crippen molar-refractivity contribution < 1.29 is 26.2 Å². The van der Waals surface area contributed by atoms with Crippen LogP contribution in [0, 0.1) is 17.0 Å². The number of hydrogen-bond donors (Lipinski definition) is 0. The van der Waals surface area contributed by atoms with Gasteiger partial charge in [0.25, 0.3) is 0 Å². The van der Waals surface area contributed by atoms with Gasteiger partial charge in [-0.1, -0.05) is 119 Å². The van der Waals surface area contributed by atoms with Crippen LogP contribution >= 0.6 is 0 Å². The summed E-state index contributed by atoms with van der Waals surface area (Å²) in [4.78, 5) is 0. The SMILES string of the molecule is CN(C1CCCCC1)[Si](=O)CC1C=C2C(=C1)c1ccccc1Cc1ccccc12.C[Si](C)(C)C#C[Si](C)(C)C.[Ti]. The molecule has 0 bridgehead atoms. The molecule has 0 atom stereocenters. The molecule has 0 saturated heterocycles. The molecule has 0 aromatic heterocycles. The van der Waals surface area contributed by atoms with Crippen molar-refractivity contribution in [3.63, 3.8) is 0 Å². The van der Waals surface area contributed by atoms with E-state index in [1.165, 1.54) is 65.5 Å². The normalized spacial score (nSPS) is 16.7. The maximum absolute atomic E-state index is 13.2. The summed E-state index contributed by atoms with van der Waals surface area (Å²) < 4.78 is 15.4. The van der Waals surface area contributed by atoms with Crippen molar-refractivity contribution in [3.05, 3.63) is 82.9 Å². The Morgan fingerprint density at radius 2 is 1.23 bits per heavy atom. The van der Waals surface area contributed by atoms with Crippen LogP contribution in [0.1, 0.15) is 54.4 Å². The number of rotatable bonds is 4. The zero-order valence-electron chi connectivity index (χ0n) is 25.7. The van der Waals surface area contributed by atoms with Crippen LogP contribution in [0.5, 0.6) is 0 Å². The van der Waals surface area contributed by atoms with Crippen LogP contribution in [0.25, 0.3) is 11.1 Å². The standard InChI is InChI=1S/C26H29NOSi.C8H18Si2.Ti/c1-27(22-11-3-2-4-12-22)29(28)18-19-15-25-23-13-7-5-9-20(23)17-21-10-6-8-14-24(21)26(25)16-19;1-9(2,3)7-8-10(4,5)6;/h5-10,13-16,19,22H,2-4,11-12,17-18H2,1H3;1-6H3;. The molecule has 3 aliphatic carbocycles. The number of benzene rings is 2. The van der Waals surface area contributed by atoms with Gasteiger partial charge < -0.3 is 9.03 Å². The van der Waals surface area contributed by atoms with Gasteiger partial charge in [-0.2, -0.15) is 0 Å². The van der Waals surface area contributed by atoms with Gasteiger partial charge in [-0.3, -0.25) is 0 Å². The van der Waals surface area contributed by atoms with E-state index in [1.54, 1.807) is 0 Å². The Morgan fingerprint density at radius 3 is 1.68 bits per heavy atom. The molecule has 0 radical (unpaired) electrons. The number of nitrogens with zero attached hydrogens (tertiary/aromatic N) is 1. The fraction of sp³-hybridized carbons (Fsp3) is 0.471. The van der Waals surface area contributed by atoms with E-state index in [2.05, 4.69) is 123 Å². The van der Waals surface area contributed by atoms with Crippen LogP contribution in [-0.2, 0) is 32.6 Å². The van der Waals surface area contributed by atoms with E-state index in [0.717, 1.165) is 12.5 Å². The molecule has 6 heteroatoms. The Labute approximate surface area is 262 Å². The number of fused-ring (bicyclic) bond motifs is 5. The van der Waals surface area contributed by atoms with E-state index < -0.39 is 25.0 Å². The number of allylic oxidation sites excluding steroid dienone is 4. The van der Waals surface area contributed by atoms with Gasteiger partial charge in [0.1, 0.15) is 16.1 Å². The predicted octanol–water partition coefficient (Wildman–Crippen LogP) is 8.61. The molecule has 2 nitrogen and oxygen atoms in total. The third-order valence-electron chi connectivity index (χ3n) is 7.79. The Hall–Kier alpha value is -1.56.